The minimum Gasteiger partial charge on any atom is -0.481 e. The Morgan fingerprint density at radius 3 is 2.53 bits per heavy atom. The predicted octanol–water partition coefficient (Wildman–Crippen LogP) is 1.52. The summed E-state index contributed by atoms with van der Waals surface area (Å²) in [6.07, 6.45) is -0.307. The van der Waals surface area contributed by atoms with Crippen LogP contribution in [0.25, 0.3) is 0 Å². The third-order valence-corrected chi connectivity index (χ3v) is 2.48. The summed E-state index contributed by atoms with van der Waals surface area (Å²) in [5.41, 5.74) is 0.263. The average molecular weight is 239 g/mol. The van der Waals surface area contributed by atoms with E-state index in [1.807, 2.05) is 0 Å². The lowest BCUT2D eigenvalue weighted by molar-refractivity contribution is -0.137. The second kappa shape index (κ2) is 5.98. The maximum Gasteiger partial charge on any atom is 0.303 e. The van der Waals surface area contributed by atoms with Gasteiger partial charge in [-0.15, -0.1) is 0 Å². The molecule has 0 heterocycles. The lowest BCUT2D eigenvalue weighted by Crippen LogP contribution is -2.22. The van der Waals surface area contributed by atoms with Gasteiger partial charge in [0, 0.05) is 19.4 Å². The molecule has 17 heavy (non-hydrogen) atoms. The number of carboxylic acids is 1. The Bertz CT molecular complexity index is 420. The van der Waals surface area contributed by atoms with E-state index in [0.717, 1.165) is 0 Å². The van der Waals surface area contributed by atoms with Gasteiger partial charge in [0.1, 0.15) is 5.82 Å². The number of carbonyl (C=O) groups excluding carboxylic acids is 1. The molecule has 1 unspecified atom stereocenters. The van der Waals surface area contributed by atoms with Crippen molar-refractivity contribution in [2.45, 2.75) is 18.8 Å². The Morgan fingerprint density at radius 1 is 1.35 bits per heavy atom. The monoisotopic (exact) mass is 239 g/mol. The fourth-order valence-corrected chi connectivity index (χ4v) is 1.63. The van der Waals surface area contributed by atoms with E-state index in [-0.39, 0.29) is 24.3 Å². The van der Waals surface area contributed by atoms with Crippen LogP contribution in [-0.4, -0.2) is 24.0 Å². The highest BCUT2D eigenvalue weighted by molar-refractivity contribution is 5.78. The second-order valence-corrected chi connectivity index (χ2v) is 3.69. The molecule has 0 aromatic heterocycles. The molecule has 0 saturated heterocycles. The van der Waals surface area contributed by atoms with E-state index in [2.05, 4.69) is 5.32 Å². The van der Waals surface area contributed by atoms with Crippen LogP contribution in [0, 0.1) is 5.82 Å². The summed E-state index contributed by atoms with van der Waals surface area (Å²) >= 11 is 0. The summed E-state index contributed by atoms with van der Waals surface area (Å²) in [5.74, 6) is -2.49. The van der Waals surface area contributed by atoms with Gasteiger partial charge in [0.05, 0.1) is 6.42 Å². The topological polar surface area (TPSA) is 66.4 Å². The number of amides is 1. The number of carbonyl (C=O) groups is 2. The zero-order valence-corrected chi connectivity index (χ0v) is 9.44. The summed E-state index contributed by atoms with van der Waals surface area (Å²) < 4.78 is 13.5. The van der Waals surface area contributed by atoms with Gasteiger partial charge in [-0.2, -0.15) is 0 Å². The zero-order valence-electron chi connectivity index (χ0n) is 9.44. The van der Waals surface area contributed by atoms with Gasteiger partial charge >= 0.3 is 5.97 Å². The molecule has 0 aliphatic rings. The minimum absolute atomic E-state index is 0.0380. The Morgan fingerprint density at radius 2 is 2.00 bits per heavy atom. The number of hydrogen-bond donors (Lipinski definition) is 2. The predicted molar refractivity (Wildman–Crippen MR) is 60.1 cm³/mol. The highest BCUT2D eigenvalue weighted by Crippen LogP contribution is 2.25. The molecule has 92 valence electrons. The Kier molecular flexibility index (Phi) is 4.63. The SMILES string of the molecule is CNC(=O)CC(CC(=O)O)c1ccccc1F. The van der Waals surface area contributed by atoms with Crippen LogP contribution >= 0.6 is 0 Å². The molecule has 0 fully saturated rings. The number of aliphatic carboxylic acids is 1. The van der Waals surface area contributed by atoms with Gasteiger partial charge in [0.25, 0.3) is 0 Å². The maximum absolute atomic E-state index is 13.5. The van der Waals surface area contributed by atoms with Crippen molar-refractivity contribution >= 4 is 11.9 Å². The van der Waals surface area contributed by atoms with E-state index in [9.17, 15) is 14.0 Å². The Hall–Kier alpha value is -1.91. The minimum atomic E-state index is -1.05. The molecule has 1 atom stereocenters. The van der Waals surface area contributed by atoms with Gasteiger partial charge in [0.2, 0.25) is 5.91 Å². The second-order valence-electron chi connectivity index (χ2n) is 3.69. The maximum atomic E-state index is 13.5. The van der Waals surface area contributed by atoms with Crippen LogP contribution in [-0.2, 0) is 9.59 Å². The summed E-state index contributed by atoms with van der Waals surface area (Å²) in [6.45, 7) is 0. The van der Waals surface area contributed by atoms with Gasteiger partial charge in [-0.05, 0) is 11.6 Å². The summed E-state index contributed by atoms with van der Waals surface area (Å²) in [5, 5.41) is 11.2. The molecule has 0 saturated carbocycles. The molecule has 0 aliphatic heterocycles. The highest BCUT2D eigenvalue weighted by Gasteiger charge is 2.21. The van der Waals surface area contributed by atoms with E-state index in [1.54, 1.807) is 6.07 Å². The van der Waals surface area contributed by atoms with Crippen molar-refractivity contribution in [1.82, 2.24) is 5.32 Å². The first-order valence-corrected chi connectivity index (χ1v) is 5.21. The van der Waals surface area contributed by atoms with Gasteiger partial charge in [-0.1, -0.05) is 18.2 Å². The fourth-order valence-electron chi connectivity index (χ4n) is 1.63. The fraction of sp³-hybridized carbons (Fsp3) is 0.333. The van der Waals surface area contributed by atoms with Crippen LogP contribution in [0.1, 0.15) is 24.3 Å². The van der Waals surface area contributed by atoms with Crippen LogP contribution in [0.4, 0.5) is 4.39 Å². The quantitative estimate of drug-likeness (QED) is 0.818. The van der Waals surface area contributed by atoms with Crippen LogP contribution in [0.15, 0.2) is 24.3 Å². The third kappa shape index (κ3) is 3.86. The average Bonchev–Trinajstić information content (AvgIpc) is 2.28. The standard InChI is InChI=1S/C12H14FNO3/c1-14-11(15)6-8(7-12(16)17)9-4-2-3-5-10(9)13/h2-5,8H,6-7H2,1H3,(H,14,15)(H,16,17). The van der Waals surface area contributed by atoms with Crippen molar-refractivity contribution in [1.29, 1.82) is 0 Å². The van der Waals surface area contributed by atoms with E-state index < -0.39 is 17.7 Å². The van der Waals surface area contributed by atoms with Gasteiger partial charge in [0.15, 0.2) is 0 Å². The van der Waals surface area contributed by atoms with Crippen LogP contribution in [0.2, 0.25) is 0 Å². The van der Waals surface area contributed by atoms with Crippen molar-refractivity contribution in [3.63, 3.8) is 0 Å². The normalized spacial score (nSPS) is 11.9. The molecular formula is C12H14FNO3. The van der Waals surface area contributed by atoms with Gasteiger partial charge in [-0.3, -0.25) is 9.59 Å². The zero-order chi connectivity index (χ0) is 12.8. The molecular weight excluding hydrogens is 225 g/mol. The van der Waals surface area contributed by atoms with E-state index >= 15 is 0 Å². The molecule has 5 heteroatoms. The summed E-state index contributed by atoms with van der Waals surface area (Å²) in [7, 11) is 1.46. The molecule has 2 N–H and O–H groups in total. The van der Waals surface area contributed by atoms with E-state index in [0.29, 0.717) is 0 Å². The number of carboxylic acid groups (broad SMARTS) is 1. The largest absolute Gasteiger partial charge is 0.481 e. The first kappa shape index (κ1) is 13.2. The van der Waals surface area contributed by atoms with Gasteiger partial charge < -0.3 is 10.4 Å². The van der Waals surface area contributed by atoms with Crippen molar-refractivity contribution in [3.05, 3.63) is 35.6 Å². The molecule has 0 radical (unpaired) electrons. The first-order chi connectivity index (χ1) is 8.04. The first-order valence-electron chi connectivity index (χ1n) is 5.21. The lowest BCUT2D eigenvalue weighted by atomic mass is 9.92. The van der Waals surface area contributed by atoms with E-state index in [4.69, 9.17) is 5.11 Å². The molecule has 0 aliphatic carbocycles. The molecule has 1 rings (SSSR count). The van der Waals surface area contributed by atoms with Crippen molar-refractivity contribution in [3.8, 4) is 0 Å². The number of nitrogens with one attached hydrogen (secondary N) is 1. The van der Waals surface area contributed by atoms with Crippen molar-refractivity contribution < 1.29 is 19.1 Å². The van der Waals surface area contributed by atoms with E-state index in [1.165, 1.54) is 25.2 Å². The third-order valence-electron chi connectivity index (χ3n) is 2.48. The van der Waals surface area contributed by atoms with Gasteiger partial charge in [-0.25, -0.2) is 4.39 Å². The smallest absolute Gasteiger partial charge is 0.303 e. The molecule has 0 bridgehead atoms. The Balaban J connectivity index is 2.93. The number of hydrogen-bond acceptors (Lipinski definition) is 2. The molecule has 0 spiro atoms. The number of rotatable bonds is 5. The van der Waals surface area contributed by atoms with Crippen molar-refractivity contribution in [2.75, 3.05) is 7.05 Å². The van der Waals surface area contributed by atoms with Crippen LogP contribution in [0.5, 0.6) is 0 Å². The number of halogens is 1. The highest BCUT2D eigenvalue weighted by atomic mass is 19.1. The summed E-state index contributed by atoms with van der Waals surface area (Å²) in [6, 6.07) is 5.91. The molecule has 4 nitrogen and oxygen atoms in total. The molecule has 1 aromatic rings. The van der Waals surface area contributed by atoms with Crippen LogP contribution < -0.4 is 5.32 Å². The Labute approximate surface area is 98.5 Å². The molecule has 1 aromatic carbocycles. The molecule has 1 amide bonds. The number of benzene rings is 1. The van der Waals surface area contributed by atoms with Crippen molar-refractivity contribution in [2.24, 2.45) is 0 Å². The lowest BCUT2D eigenvalue weighted by Gasteiger charge is -2.15. The summed E-state index contributed by atoms with van der Waals surface area (Å²) in [4.78, 5) is 22.0. The van der Waals surface area contributed by atoms with Crippen LogP contribution in [0.3, 0.4) is 0 Å².